The fraction of sp³-hybridized carbons (Fsp3) is 0.500. The molecule has 0 saturated carbocycles. The molecule has 0 saturated heterocycles. The van der Waals surface area contributed by atoms with Crippen LogP contribution in [0.25, 0.3) is 11.2 Å². The van der Waals surface area contributed by atoms with Gasteiger partial charge in [0.1, 0.15) is 12.2 Å². The van der Waals surface area contributed by atoms with Crippen LogP contribution < -0.4 is 11.1 Å². The number of rotatable bonds is 7. The van der Waals surface area contributed by atoms with Gasteiger partial charge >= 0.3 is 6.03 Å². The number of nitrogens with zero attached hydrogens (tertiary/aromatic N) is 3. The molecule has 120 valence electrons. The lowest BCUT2D eigenvalue weighted by atomic mass is 10.4. The molecule has 2 amide bonds. The predicted octanol–water partition coefficient (Wildman–Crippen LogP) is 1.91. The maximum Gasteiger partial charge on any atom is 0.312 e. The number of hydrogen-bond donors (Lipinski definition) is 2. The van der Waals surface area contributed by atoms with Crippen molar-refractivity contribution in [3.63, 3.8) is 0 Å². The average molecular weight is 321 g/mol. The van der Waals surface area contributed by atoms with E-state index in [2.05, 4.69) is 34.9 Å². The van der Waals surface area contributed by atoms with E-state index >= 15 is 0 Å². The Morgan fingerprint density at radius 3 is 2.91 bits per heavy atom. The third kappa shape index (κ3) is 4.81. The third-order valence-electron chi connectivity index (χ3n) is 3.18. The van der Waals surface area contributed by atoms with Crippen molar-refractivity contribution >= 4 is 25.3 Å². The van der Waals surface area contributed by atoms with Crippen LogP contribution in [-0.2, 0) is 18.0 Å². The molecule has 2 heterocycles. The van der Waals surface area contributed by atoms with Gasteiger partial charge in [-0.25, -0.2) is 14.8 Å². The second-order valence-corrected chi connectivity index (χ2v) is 12.0. The fourth-order valence-corrected chi connectivity index (χ4v) is 2.66. The van der Waals surface area contributed by atoms with E-state index in [1.165, 1.54) is 0 Å². The molecule has 0 aromatic carbocycles. The quantitative estimate of drug-likeness (QED) is 0.601. The van der Waals surface area contributed by atoms with Crippen molar-refractivity contribution in [2.75, 3.05) is 6.61 Å². The van der Waals surface area contributed by atoms with Crippen LogP contribution in [0, 0.1) is 0 Å². The fourth-order valence-electron chi connectivity index (χ4n) is 1.91. The van der Waals surface area contributed by atoms with Gasteiger partial charge in [-0.05, 0) is 12.1 Å². The van der Waals surface area contributed by atoms with E-state index in [0.29, 0.717) is 12.4 Å². The molecule has 0 aliphatic heterocycles. The smallest absolute Gasteiger partial charge is 0.312 e. The number of hydrogen-bond acceptors (Lipinski definition) is 4. The highest BCUT2D eigenvalue weighted by atomic mass is 28.3. The van der Waals surface area contributed by atoms with E-state index in [9.17, 15) is 4.79 Å². The van der Waals surface area contributed by atoms with Gasteiger partial charge in [0.05, 0.1) is 18.4 Å². The van der Waals surface area contributed by atoms with Crippen molar-refractivity contribution in [1.82, 2.24) is 19.9 Å². The Kier molecular flexibility index (Phi) is 5.14. The zero-order valence-electron chi connectivity index (χ0n) is 13.3. The molecule has 22 heavy (non-hydrogen) atoms. The van der Waals surface area contributed by atoms with Gasteiger partial charge in [0, 0.05) is 20.9 Å². The molecule has 0 unspecified atom stereocenters. The van der Waals surface area contributed by atoms with Crippen molar-refractivity contribution in [2.45, 2.75) is 39.0 Å². The summed E-state index contributed by atoms with van der Waals surface area (Å²) in [5.41, 5.74) is 7.26. The lowest BCUT2D eigenvalue weighted by Gasteiger charge is -2.15. The highest BCUT2D eigenvalue weighted by Gasteiger charge is 2.12. The molecule has 2 aromatic rings. The molecule has 0 bridgehead atoms. The maximum absolute atomic E-state index is 10.7. The first kappa shape index (κ1) is 16.4. The van der Waals surface area contributed by atoms with Crippen LogP contribution in [0.15, 0.2) is 18.5 Å². The number of nitrogens with two attached hydrogens (primary N) is 1. The summed E-state index contributed by atoms with van der Waals surface area (Å²) in [6.45, 7) is 8.50. The molecule has 0 fully saturated rings. The Hall–Kier alpha value is -1.93. The molecule has 0 atom stereocenters. The number of carbonyl (C=O) groups excluding carboxylic acids is 1. The summed E-state index contributed by atoms with van der Waals surface area (Å²) in [5.74, 6) is 0. The maximum atomic E-state index is 10.7. The van der Waals surface area contributed by atoms with Crippen LogP contribution in [0.1, 0.15) is 5.69 Å². The molecule has 3 N–H and O–H groups in total. The zero-order chi connectivity index (χ0) is 16.2. The van der Waals surface area contributed by atoms with Gasteiger partial charge in [-0.15, -0.1) is 0 Å². The van der Waals surface area contributed by atoms with Crippen LogP contribution in [0.5, 0.6) is 0 Å². The van der Waals surface area contributed by atoms with Crippen molar-refractivity contribution in [3.8, 4) is 0 Å². The molecule has 0 aliphatic rings. The monoisotopic (exact) mass is 321 g/mol. The Balaban J connectivity index is 1.96. The van der Waals surface area contributed by atoms with E-state index in [4.69, 9.17) is 10.5 Å². The van der Waals surface area contributed by atoms with Gasteiger partial charge in [-0.2, -0.15) is 0 Å². The molecule has 0 spiro atoms. The molecule has 0 radical (unpaired) electrons. The van der Waals surface area contributed by atoms with Crippen molar-refractivity contribution < 1.29 is 9.53 Å². The van der Waals surface area contributed by atoms with E-state index in [-0.39, 0.29) is 6.54 Å². The summed E-state index contributed by atoms with van der Waals surface area (Å²) in [4.78, 5) is 19.5. The van der Waals surface area contributed by atoms with Crippen molar-refractivity contribution in [2.24, 2.45) is 5.73 Å². The first-order valence-electron chi connectivity index (χ1n) is 7.27. The molecular weight excluding hydrogens is 298 g/mol. The second-order valence-electron chi connectivity index (χ2n) is 6.42. The number of fused-ring (bicyclic) bond motifs is 1. The van der Waals surface area contributed by atoms with Crippen LogP contribution >= 0.6 is 0 Å². The van der Waals surface area contributed by atoms with Crippen LogP contribution in [0.2, 0.25) is 25.7 Å². The minimum absolute atomic E-state index is 0.274. The first-order chi connectivity index (χ1) is 10.3. The molecular formula is C14H23N5O2Si. The SMILES string of the molecule is C[Si](C)(C)CCOCn1ccc2nc(CNC(N)=O)cnc21. The van der Waals surface area contributed by atoms with Gasteiger partial charge in [0.15, 0.2) is 5.65 Å². The summed E-state index contributed by atoms with van der Waals surface area (Å²) in [6, 6.07) is 2.45. The summed E-state index contributed by atoms with van der Waals surface area (Å²) in [5, 5.41) is 2.50. The largest absolute Gasteiger partial charge is 0.361 e. The Morgan fingerprint density at radius 1 is 1.45 bits per heavy atom. The number of ether oxygens (including phenoxy) is 1. The van der Waals surface area contributed by atoms with E-state index in [1.54, 1.807) is 6.20 Å². The summed E-state index contributed by atoms with van der Waals surface area (Å²) in [6.07, 6.45) is 3.54. The second kappa shape index (κ2) is 6.88. The number of primary amides is 1. The summed E-state index contributed by atoms with van der Waals surface area (Å²) < 4.78 is 7.66. The minimum atomic E-state index is -1.07. The highest BCUT2D eigenvalue weighted by molar-refractivity contribution is 6.76. The average Bonchev–Trinajstić information content (AvgIpc) is 2.83. The zero-order valence-corrected chi connectivity index (χ0v) is 14.3. The number of carbonyl (C=O) groups is 1. The lowest BCUT2D eigenvalue weighted by molar-refractivity contribution is 0.0899. The van der Waals surface area contributed by atoms with Gasteiger partial charge < -0.3 is 20.4 Å². The number of amides is 2. The van der Waals surface area contributed by atoms with Crippen LogP contribution in [0.4, 0.5) is 4.79 Å². The van der Waals surface area contributed by atoms with Crippen molar-refractivity contribution in [3.05, 3.63) is 24.2 Å². The highest BCUT2D eigenvalue weighted by Crippen LogP contribution is 2.12. The number of nitrogens with one attached hydrogen (secondary N) is 1. The van der Waals surface area contributed by atoms with E-state index in [0.717, 1.165) is 23.8 Å². The molecule has 2 rings (SSSR count). The summed E-state index contributed by atoms with van der Waals surface area (Å²) in [7, 11) is -1.07. The van der Waals surface area contributed by atoms with Crippen LogP contribution in [0.3, 0.4) is 0 Å². The standard InChI is InChI=1S/C14H23N5O2Si/c1-22(2,3)7-6-21-10-19-5-4-12-13(19)16-8-11(18-12)9-17-14(15)20/h4-5,8H,6-7,9-10H2,1-3H3,(H3,15,17,20). The third-order valence-corrected chi connectivity index (χ3v) is 4.89. The molecule has 7 nitrogen and oxygen atoms in total. The van der Waals surface area contributed by atoms with E-state index in [1.807, 2.05) is 16.8 Å². The number of aromatic nitrogens is 3. The minimum Gasteiger partial charge on any atom is -0.361 e. The first-order valence-corrected chi connectivity index (χ1v) is 11.0. The number of urea groups is 1. The van der Waals surface area contributed by atoms with Gasteiger partial charge in [0.2, 0.25) is 0 Å². The summed E-state index contributed by atoms with van der Waals surface area (Å²) >= 11 is 0. The van der Waals surface area contributed by atoms with Crippen molar-refractivity contribution in [1.29, 1.82) is 0 Å². The lowest BCUT2D eigenvalue weighted by Crippen LogP contribution is -2.29. The van der Waals surface area contributed by atoms with Gasteiger partial charge in [-0.1, -0.05) is 19.6 Å². The van der Waals surface area contributed by atoms with Crippen LogP contribution in [-0.4, -0.2) is 35.2 Å². The topological polar surface area (TPSA) is 95.1 Å². The van der Waals surface area contributed by atoms with Gasteiger partial charge in [0.25, 0.3) is 0 Å². The molecule has 2 aromatic heterocycles. The molecule has 0 aliphatic carbocycles. The van der Waals surface area contributed by atoms with Gasteiger partial charge in [-0.3, -0.25) is 0 Å². The normalized spacial score (nSPS) is 11.8. The molecule has 8 heteroatoms. The Morgan fingerprint density at radius 2 is 2.23 bits per heavy atom. The Labute approximate surface area is 130 Å². The van der Waals surface area contributed by atoms with E-state index < -0.39 is 14.1 Å². The Bertz CT molecular complexity index is 650. The predicted molar refractivity (Wildman–Crippen MR) is 88.1 cm³/mol.